The Morgan fingerprint density at radius 3 is 2.11 bits per heavy atom. The van der Waals surface area contributed by atoms with Crippen molar-refractivity contribution in [2.45, 2.75) is 39.7 Å². The van der Waals surface area contributed by atoms with Crippen LogP contribution in [0.3, 0.4) is 0 Å². The molecule has 2 amide bonds. The lowest BCUT2D eigenvalue weighted by Crippen LogP contribution is -2.46. The van der Waals surface area contributed by atoms with E-state index in [1.807, 2.05) is 0 Å². The van der Waals surface area contributed by atoms with Gasteiger partial charge in [-0.2, -0.15) is 0 Å². The molecule has 7 nitrogen and oxygen atoms in total. The van der Waals surface area contributed by atoms with Gasteiger partial charge < -0.3 is 10.4 Å². The molecule has 0 aliphatic heterocycles. The van der Waals surface area contributed by atoms with Gasteiger partial charge >= 0.3 is 5.97 Å². The number of hydrogen-bond donors (Lipinski definition) is 4. The van der Waals surface area contributed by atoms with Crippen LogP contribution in [-0.2, 0) is 14.4 Å². The van der Waals surface area contributed by atoms with Gasteiger partial charge in [0, 0.05) is 12.3 Å². The van der Waals surface area contributed by atoms with E-state index < -0.39 is 29.7 Å². The number of carboxylic acids is 1. The topological polar surface area (TPSA) is 116 Å². The minimum atomic E-state index is -1.08. The molecule has 0 spiro atoms. The van der Waals surface area contributed by atoms with E-state index in [1.54, 1.807) is 20.8 Å². The number of aliphatic carboxylic acids is 1. The molecule has 0 heterocycles. The normalized spacial score (nSPS) is 13.8. The van der Waals surface area contributed by atoms with Gasteiger partial charge in [-0.25, -0.2) is 10.3 Å². The first kappa shape index (κ1) is 16.4. The van der Waals surface area contributed by atoms with Crippen LogP contribution < -0.4 is 10.8 Å². The lowest BCUT2D eigenvalue weighted by molar-refractivity contribution is -0.143. The number of hydroxylamine groups is 1. The van der Waals surface area contributed by atoms with Crippen LogP contribution >= 0.6 is 0 Å². The SMILES string of the molecule is CC(CCC(=O)NO)C(=O)N[C@H](C(=O)O)C(C)C. The highest BCUT2D eigenvalue weighted by atomic mass is 16.5. The van der Waals surface area contributed by atoms with Gasteiger partial charge in [-0.3, -0.25) is 14.8 Å². The molecule has 2 atom stereocenters. The Balaban J connectivity index is 4.29. The zero-order chi connectivity index (χ0) is 14.3. The van der Waals surface area contributed by atoms with Gasteiger partial charge in [0.2, 0.25) is 11.8 Å². The predicted molar refractivity (Wildman–Crippen MR) is 62.7 cm³/mol. The number of rotatable bonds is 7. The summed E-state index contributed by atoms with van der Waals surface area (Å²) in [6.45, 7) is 4.99. The van der Waals surface area contributed by atoms with Crippen molar-refractivity contribution in [3.8, 4) is 0 Å². The van der Waals surface area contributed by atoms with Crippen molar-refractivity contribution < 1.29 is 24.7 Å². The predicted octanol–water partition coefficient (Wildman–Crippen LogP) is 0.134. The summed E-state index contributed by atoms with van der Waals surface area (Å²) in [5, 5.41) is 19.6. The van der Waals surface area contributed by atoms with Crippen LogP contribution in [0.1, 0.15) is 33.6 Å². The third-order valence-electron chi connectivity index (χ3n) is 2.61. The van der Waals surface area contributed by atoms with Crippen molar-refractivity contribution in [1.29, 1.82) is 0 Å². The minimum absolute atomic E-state index is 0.00447. The number of carbonyl (C=O) groups is 3. The first-order valence-corrected chi connectivity index (χ1v) is 5.75. The fourth-order valence-corrected chi connectivity index (χ4v) is 1.34. The molecule has 0 aromatic heterocycles. The van der Waals surface area contributed by atoms with Gasteiger partial charge in [0.25, 0.3) is 0 Å². The Bertz CT molecular complexity index is 317. The van der Waals surface area contributed by atoms with Crippen molar-refractivity contribution in [2.24, 2.45) is 11.8 Å². The molecule has 1 unspecified atom stereocenters. The maximum Gasteiger partial charge on any atom is 0.326 e. The number of amides is 2. The third kappa shape index (κ3) is 5.62. The van der Waals surface area contributed by atoms with Crippen LogP contribution in [-0.4, -0.2) is 34.1 Å². The number of hydrogen-bond acceptors (Lipinski definition) is 4. The molecule has 0 bridgehead atoms. The molecule has 18 heavy (non-hydrogen) atoms. The van der Waals surface area contributed by atoms with E-state index in [2.05, 4.69) is 5.32 Å². The first-order chi connectivity index (χ1) is 8.29. The van der Waals surface area contributed by atoms with Crippen LogP contribution in [0.5, 0.6) is 0 Å². The van der Waals surface area contributed by atoms with Crippen molar-refractivity contribution in [3.05, 3.63) is 0 Å². The average molecular weight is 260 g/mol. The van der Waals surface area contributed by atoms with Gasteiger partial charge in [-0.15, -0.1) is 0 Å². The molecule has 0 aliphatic carbocycles. The molecule has 0 aromatic rings. The summed E-state index contributed by atoms with van der Waals surface area (Å²) in [4.78, 5) is 33.4. The maximum absolute atomic E-state index is 11.7. The molecule has 0 rings (SSSR count). The van der Waals surface area contributed by atoms with Gasteiger partial charge in [0.1, 0.15) is 6.04 Å². The van der Waals surface area contributed by atoms with Gasteiger partial charge in [0.15, 0.2) is 0 Å². The van der Waals surface area contributed by atoms with E-state index in [1.165, 1.54) is 5.48 Å². The van der Waals surface area contributed by atoms with E-state index in [0.717, 1.165) is 0 Å². The van der Waals surface area contributed by atoms with Crippen molar-refractivity contribution >= 4 is 17.8 Å². The Morgan fingerprint density at radius 1 is 1.17 bits per heavy atom. The van der Waals surface area contributed by atoms with Crippen LogP contribution in [0.25, 0.3) is 0 Å². The molecule has 0 saturated heterocycles. The smallest absolute Gasteiger partial charge is 0.326 e. The summed E-state index contributed by atoms with van der Waals surface area (Å²) in [6.07, 6.45) is 0.243. The monoisotopic (exact) mass is 260 g/mol. The lowest BCUT2D eigenvalue weighted by atomic mass is 10.0. The van der Waals surface area contributed by atoms with Gasteiger partial charge in [-0.1, -0.05) is 20.8 Å². The standard InChI is InChI=1S/C11H20N2O5/c1-6(2)9(11(16)17)12-10(15)7(3)4-5-8(14)13-18/h6-7,9,18H,4-5H2,1-3H3,(H,12,15)(H,13,14)(H,16,17)/t7?,9-/m0/s1. The summed E-state index contributed by atoms with van der Waals surface area (Å²) in [7, 11) is 0. The third-order valence-corrected chi connectivity index (χ3v) is 2.61. The molecular formula is C11H20N2O5. The summed E-state index contributed by atoms with van der Waals surface area (Å²) in [5.41, 5.74) is 1.47. The van der Waals surface area contributed by atoms with Crippen LogP contribution in [0.15, 0.2) is 0 Å². The first-order valence-electron chi connectivity index (χ1n) is 5.75. The molecule has 4 N–H and O–H groups in total. The summed E-state index contributed by atoms with van der Waals surface area (Å²) in [5.74, 6) is -2.80. The van der Waals surface area contributed by atoms with Crippen LogP contribution in [0.2, 0.25) is 0 Å². The van der Waals surface area contributed by atoms with Gasteiger partial charge in [-0.05, 0) is 12.3 Å². The van der Waals surface area contributed by atoms with E-state index in [-0.39, 0.29) is 18.8 Å². The molecule has 104 valence electrons. The van der Waals surface area contributed by atoms with Crippen molar-refractivity contribution in [3.63, 3.8) is 0 Å². The van der Waals surface area contributed by atoms with Crippen molar-refractivity contribution in [2.75, 3.05) is 0 Å². The highest BCUT2D eigenvalue weighted by Crippen LogP contribution is 2.08. The van der Waals surface area contributed by atoms with Crippen molar-refractivity contribution in [1.82, 2.24) is 10.8 Å². The number of carboxylic acid groups (broad SMARTS) is 1. The highest BCUT2D eigenvalue weighted by molar-refractivity contribution is 5.85. The largest absolute Gasteiger partial charge is 0.480 e. The second kappa shape index (κ2) is 7.65. The molecule has 0 aliphatic rings. The molecule has 0 saturated carbocycles. The number of nitrogens with one attached hydrogen (secondary N) is 2. The van der Waals surface area contributed by atoms with E-state index in [0.29, 0.717) is 0 Å². The van der Waals surface area contributed by atoms with E-state index in [9.17, 15) is 14.4 Å². The summed E-state index contributed by atoms with van der Waals surface area (Å²) in [6, 6.07) is -0.938. The molecule has 0 fully saturated rings. The zero-order valence-electron chi connectivity index (χ0n) is 10.8. The Hall–Kier alpha value is -1.63. The van der Waals surface area contributed by atoms with Crippen LogP contribution in [0, 0.1) is 11.8 Å². The molecular weight excluding hydrogens is 240 g/mol. The second-order valence-corrected chi connectivity index (χ2v) is 4.54. The quantitative estimate of drug-likeness (QED) is 0.383. The fraction of sp³-hybridized carbons (Fsp3) is 0.727. The maximum atomic E-state index is 11.7. The Labute approximate surface area is 106 Å². The van der Waals surface area contributed by atoms with E-state index in [4.69, 9.17) is 10.3 Å². The van der Waals surface area contributed by atoms with E-state index >= 15 is 0 Å². The molecule has 0 radical (unpaired) electrons. The van der Waals surface area contributed by atoms with Crippen LogP contribution in [0.4, 0.5) is 0 Å². The molecule has 0 aromatic carbocycles. The number of carbonyl (C=O) groups excluding carboxylic acids is 2. The molecule has 7 heteroatoms. The average Bonchev–Trinajstić information content (AvgIpc) is 2.30. The minimum Gasteiger partial charge on any atom is -0.480 e. The fourth-order valence-electron chi connectivity index (χ4n) is 1.34. The van der Waals surface area contributed by atoms with Gasteiger partial charge in [0.05, 0.1) is 0 Å². The Kier molecular flexibility index (Phi) is 6.96. The second-order valence-electron chi connectivity index (χ2n) is 4.54. The summed E-state index contributed by atoms with van der Waals surface area (Å²) >= 11 is 0. The zero-order valence-corrected chi connectivity index (χ0v) is 10.8. The lowest BCUT2D eigenvalue weighted by Gasteiger charge is -2.20. The summed E-state index contributed by atoms with van der Waals surface area (Å²) < 4.78 is 0. The highest BCUT2D eigenvalue weighted by Gasteiger charge is 2.25. The Morgan fingerprint density at radius 2 is 1.72 bits per heavy atom.